The fourth-order valence-corrected chi connectivity index (χ4v) is 2.81. The molecular formula is C14H22N4OS. The van der Waals surface area contributed by atoms with Crippen LogP contribution in [0.15, 0.2) is 0 Å². The first-order valence-corrected chi connectivity index (χ1v) is 7.67. The average molecular weight is 294 g/mol. The largest absolute Gasteiger partial charge is 0.396 e. The fourth-order valence-electron chi connectivity index (χ4n) is 1.80. The molecule has 1 aromatic heterocycles. The number of nitrogens with zero attached hydrogens (tertiary/aromatic N) is 1. The molecule has 0 radical (unpaired) electrons. The van der Waals surface area contributed by atoms with Gasteiger partial charge in [0.1, 0.15) is 21.5 Å². The summed E-state index contributed by atoms with van der Waals surface area (Å²) in [5.41, 5.74) is 6.53. The first-order valence-electron chi connectivity index (χ1n) is 6.85. The van der Waals surface area contributed by atoms with Crippen LogP contribution in [0.2, 0.25) is 0 Å². The van der Waals surface area contributed by atoms with Crippen molar-refractivity contribution in [3.63, 3.8) is 0 Å². The third kappa shape index (κ3) is 4.14. The molecule has 20 heavy (non-hydrogen) atoms. The van der Waals surface area contributed by atoms with Gasteiger partial charge in [-0.15, -0.1) is 11.3 Å². The van der Waals surface area contributed by atoms with E-state index in [4.69, 9.17) is 5.73 Å². The summed E-state index contributed by atoms with van der Waals surface area (Å²) in [6, 6.07) is 2.07. The highest BCUT2D eigenvalue weighted by Crippen LogP contribution is 2.35. The van der Waals surface area contributed by atoms with Crippen LogP contribution in [-0.4, -0.2) is 19.0 Å². The molecular weight excluding hydrogens is 272 g/mol. The van der Waals surface area contributed by atoms with Crippen molar-refractivity contribution < 1.29 is 4.79 Å². The van der Waals surface area contributed by atoms with E-state index in [2.05, 4.69) is 30.6 Å². The number of nitrogens with one attached hydrogen (secondary N) is 2. The van der Waals surface area contributed by atoms with Crippen molar-refractivity contribution in [2.24, 2.45) is 5.92 Å². The summed E-state index contributed by atoms with van der Waals surface area (Å²) < 4.78 is 0. The van der Waals surface area contributed by atoms with Crippen LogP contribution in [0.1, 0.15) is 48.8 Å². The van der Waals surface area contributed by atoms with Crippen LogP contribution in [0.5, 0.6) is 0 Å². The van der Waals surface area contributed by atoms with E-state index in [1.165, 1.54) is 11.3 Å². The van der Waals surface area contributed by atoms with Gasteiger partial charge in [-0.3, -0.25) is 4.79 Å². The van der Waals surface area contributed by atoms with Gasteiger partial charge in [-0.05, 0) is 25.7 Å². The molecule has 0 saturated heterocycles. The summed E-state index contributed by atoms with van der Waals surface area (Å²) in [4.78, 5) is 12.3. The number of amides is 1. The van der Waals surface area contributed by atoms with Gasteiger partial charge >= 0.3 is 0 Å². The Morgan fingerprint density at radius 1 is 1.50 bits per heavy atom. The predicted octanol–water partition coefficient (Wildman–Crippen LogP) is 2.80. The van der Waals surface area contributed by atoms with Gasteiger partial charge in [-0.2, -0.15) is 5.26 Å². The van der Waals surface area contributed by atoms with Gasteiger partial charge in [-0.1, -0.05) is 13.8 Å². The van der Waals surface area contributed by atoms with Crippen LogP contribution in [0.25, 0.3) is 0 Å². The van der Waals surface area contributed by atoms with Crippen LogP contribution in [0.4, 0.5) is 10.7 Å². The standard InChI is InChI=1S/C14H22N4OS/c1-4-17-13(19)12-11(16)10(8-15)14(20-12)18-7-5-6-9(2)3/h9,18H,4-7,16H2,1-3H3,(H,17,19). The Morgan fingerprint density at radius 3 is 2.75 bits per heavy atom. The van der Waals surface area contributed by atoms with Gasteiger partial charge in [-0.25, -0.2) is 0 Å². The summed E-state index contributed by atoms with van der Waals surface area (Å²) in [6.45, 7) is 7.52. The first kappa shape index (κ1) is 16.3. The minimum absolute atomic E-state index is 0.221. The van der Waals surface area contributed by atoms with Crippen molar-refractivity contribution in [3.8, 4) is 6.07 Å². The van der Waals surface area contributed by atoms with Gasteiger partial charge in [0, 0.05) is 13.1 Å². The lowest BCUT2D eigenvalue weighted by Gasteiger charge is -2.06. The number of nitriles is 1. The van der Waals surface area contributed by atoms with Crippen LogP contribution < -0.4 is 16.4 Å². The smallest absolute Gasteiger partial charge is 0.263 e. The Hall–Kier alpha value is -1.74. The van der Waals surface area contributed by atoms with Gasteiger partial charge in [0.2, 0.25) is 0 Å². The normalized spacial score (nSPS) is 10.3. The molecule has 4 N–H and O–H groups in total. The van der Waals surface area contributed by atoms with Crippen molar-refractivity contribution >= 4 is 27.9 Å². The lowest BCUT2D eigenvalue weighted by molar-refractivity contribution is 0.0960. The molecule has 1 aromatic rings. The van der Waals surface area contributed by atoms with Crippen molar-refractivity contribution in [1.29, 1.82) is 5.26 Å². The maximum Gasteiger partial charge on any atom is 0.263 e. The van der Waals surface area contributed by atoms with Crippen molar-refractivity contribution in [1.82, 2.24) is 5.32 Å². The molecule has 1 amide bonds. The highest BCUT2D eigenvalue weighted by atomic mass is 32.1. The quantitative estimate of drug-likeness (QED) is 0.674. The van der Waals surface area contributed by atoms with E-state index in [0.717, 1.165) is 19.4 Å². The number of rotatable bonds is 7. The molecule has 0 aliphatic heterocycles. The van der Waals surface area contributed by atoms with E-state index in [-0.39, 0.29) is 11.6 Å². The van der Waals surface area contributed by atoms with Crippen molar-refractivity contribution in [3.05, 3.63) is 10.4 Å². The lowest BCUT2D eigenvalue weighted by Crippen LogP contribution is -2.22. The molecule has 0 fully saturated rings. The molecule has 0 aromatic carbocycles. The highest BCUT2D eigenvalue weighted by Gasteiger charge is 2.20. The number of hydrogen-bond donors (Lipinski definition) is 3. The summed E-state index contributed by atoms with van der Waals surface area (Å²) in [5, 5.41) is 15.8. The third-order valence-corrected chi connectivity index (χ3v) is 4.01. The van der Waals surface area contributed by atoms with Crippen LogP contribution >= 0.6 is 11.3 Å². The third-order valence-electron chi connectivity index (χ3n) is 2.84. The summed E-state index contributed by atoms with van der Waals surface area (Å²) in [5.74, 6) is 0.438. The molecule has 1 heterocycles. The average Bonchev–Trinajstić information content (AvgIpc) is 2.71. The maximum absolute atomic E-state index is 11.8. The minimum Gasteiger partial charge on any atom is -0.396 e. The van der Waals surface area contributed by atoms with Gasteiger partial charge < -0.3 is 16.4 Å². The second kappa shape index (κ2) is 7.75. The maximum atomic E-state index is 11.8. The number of carbonyl (C=O) groups excluding carboxylic acids is 1. The van der Waals surface area contributed by atoms with Crippen LogP contribution in [0, 0.1) is 17.2 Å². The van der Waals surface area contributed by atoms with E-state index in [0.29, 0.717) is 27.9 Å². The Bertz CT molecular complexity index is 502. The second-order valence-corrected chi connectivity index (χ2v) is 6.00. The molecule has 0 aliphatic carbocycles. The van der Waals surface area contributed by atoms with Crippen LogP contribution in [0.3, 0.4) is 0 Å². The second-order valence-electron chi connectivity index (χ2n) is 4.98. The number of thiophene rings is 1. The molecule has 0 aliphatic rings. The Kier molecular flexibility index (Phi) is 6.32. The molecule has 1 rings (SSSR count). The summed E-state index contributed by atoms with van der Waals surface area (Å²) in [7, 11) is 0. The molecule has 0 bridgehead atoms. The molecule has 0 saturated carbocycles. The number of nitrogen functional groups attached to an aromatic ring is 1. The summed E-state index contributed by atoms with van der Waals surface area (Å²) >= 11 is 1.25. The van der Waals surface area contributed by atoms with Gasteiger partial charge in [0.05, 0.1) is 5.69 Å². The van der Waals surface area contributed by atoms with Crippen LogP contribution in [-0.2, 0) is 0 Å². The molecule has 0 spiro atoms. The zero-order valence-electron chi connectivity index (χ0n) is 12.2. The molecule has 0 unspecified atom stereocenters. The number of carbonyl (C=O) groups is 1. The predicted molar refractivity (Wildman–Crippen MR) is 84.0 cm³/mol. The number of hydrogen-bond acceptors (Lipinski definition) is 5. The Labute approximate surface area is 124 Å². The van der Waals surface area contributed by atoms with Crippen molar-refractivity contribution in [2.45, 2.75) is 33.6 Å². The minimum atomic E-state index is -0.221. The molecule has 0 atom stereocenters. The van der Waals surface area contributed by atoms with E-state index in [1.54, 1.807) is 0 Å². The number of anilines is 2. The highest BCUT2D eigenvalue weighted by molar-refractivity contribution is 7.18. The molecule has 110 valence electrons. The first-order chi connectivity index (χ1) is 9.51. The van der Waals surface area contributed by atoms with Crippen molar-refractivity contribution in [2.75, 3.05) is 24.1 Å². The van der Waals surface area contributed by atoms with E-state index < -0.39 is 0 Å². The van der Waals surface area contributed by atoms with E-state index in [1.807, 2.05) is 6.92 Å². The van der Waals surface area contributed by atoms with Gasteiger partial charge in [0.15, 0.2) is 0 Å². The monoisotopic (exact) mass is 294 g/mol. The zero-order valence-corrected chi connectivity index (χ0v) is 13.1. The fraction of sp³-hybridized carbons (Fsp3) is 0.571. The van der Waals surface area contributed by atoms with Gasteiger partial charge in [0.25, 0.3) is 5.91 Å². The van der Waals surface area contributed by atoms with E-state index >= 15 is 0 Å². The lowest BCUT2D eigenvalue weighted by atomic mass is 10.1. The Morgan fingerprint density at radius 2 is 2.20 bits per heavy atom. The molecule has 6 heteroatoms. The molecule has 5 nitrogen and oxygen atoms in total. The van der Waals surface area contributed by atoms with E-state index in [9.17, 15) is 10.1 Å². The topological polar surface area (TPSA) is 90.9 Å². The number of nitrogens with two attached hydrogens (primary N) is 1. The summed E-state index contributed by atoms with van der Waals surface area (Å²) in [6.07, 6.45) is 2.15. The zero-order chi connectivity index (χ0) is 15.1. The SMILES string of the molecule is CCNC(=O)c1sc(NCCCC(C)C)c(C#N)c1N. The Balaban J connectivity index is 2.78.